The minimum Gasteiger partial charge on any atom is -0.444 e. The van der Waals surface area contributed by atoms with E-state index < -0.39 is 5.60 Å². The molecule has 1 N–H and O–H groups in total. The summed E-state index contributed by atoms with van der Waals surface area (Å²) in [4.78, 5) is 16.5. The van der Waals surface area contributed by atoms with Crippen LogP contribution in [0.4, 0.5) is 4.79 Å². The predicted octanol–water partition coefficient (Wildman–Crippen LogP) is 2.62. The number of ether oxygens (including phenoxy) is 1. The van der Waals surface area contributed by atoms with Crippen molar-refractivity contribution in [3.05, 3.63) is 41.7 Å². The highest BCUT2D eigenvalue weighted by molar-refractivity contribution is 5.69. The molecule has 150 valence electrons. The van der Waals surface area contributed by atoms with Crippen LogP contribution in [0.3, 0.4) is 0 Å². The van der Waals surface area contributed by atoms with E-state index in [0.717, 1.165) is 39.0 Å². The van der Waals surface area contributed by atoms with E-state index in [1.165, 1.54) is 5.56 Å². The number of hydrogen-bond acceptors (Lipinski definition) is 6. The second-order valence-corrected chi connectivity index (χ2v) is 8.96. The lowest BCUT2D eigenvalue weighted by molar-refractivity contribution is -0.0626. The van der Waals surface area contributed by atoms with E-state index in [1.54, 1.807) is 0 Å². The zero-order valence-corrected chi connectivity index (χ0v) is 16.8. The molecule has 8 heteroatoms. The standard InChI is InChI=1S/C20H28N6O2/c1-19(2,3)28-18(27)26-13-20(14-26)9-11-25(12-10-20)16(17-21-23-24-22-17)15-7-5-4-6-8-15/h4-8,16H,9-14H2,1-3H3,(H,21,22,23,24). The van der Waals surface area contributed by atoms with E-state index in [-0.39, 0.29) is 17.6 Å². The van der Waals surface area contributed by atoms with E-state index in [1.807, 2.05) is 43.9 Å². The number of tetrazole rings is 1. The largest absolute Gasteiger partial charge is 0.444 e. The summed E-state index contributed by atoms with van der Waals surface area (Å²) in [5.41, 5.74) is 0.937. The number of nitrogens with zero attached hydrogens (tertiary/aromatic N) is 5. The first kappa shape index (κ1) is 18.9. The molecule has 1 unspecified atom stereocenters. The molecule has 0 aliphatic carbocycles. The van der Waals surface area contributed by atoms with Gasteiger partial charge in [-0.2, -0.15) is 5.21 Å². The number of rotatable bonds is 3. The van der Waals surface area contributed by atoms with E-state index in [0.29, 0.717) is 5.82 Å². The molecule has 2 aliphatic rings. The van der Waals surface area contributed by atoms with Crippen molar-refractivity contribution in [3.63, 3.8) is 0 Å². The number of carbonyl (C=O) groups is 1. The second-order valence-electron chi connectivity index (χ2n) is 8.96. The van der Waals surface area contributed by atoms with Gasteiger partial charge in [-0.05, 0) is 52.3 Å². The Hall–Kier alpha value is -2.48. The first-order chi connectivity index (χ1) is 13.4. The molecule has 1 aromatic carbocycles. The van der Waals surface area contributed by atoms with Crippen LogP contribution in [0.2, 0.25) is 0 Å². The number of H-pyrrole nitrogens is 1. The monoisotopic (exact) mass is 384 g/mol. The third-order valence-corrected chi connectivity index (χ3v) is 5.65. The van der Waals surface area contributed by atoms with Gasteiger partial charge in [0.25, 0.3) is 0 Å². The molecular formula is C20H28N6O2. The van der Waals surface area contributed by atoms with Crippen LogP contribution >= 0.6 is 0 Å². The van der Waals surface area contributed by atoms with E-state index in [4.69, 9.17) is 4.74 Å². The minimum absolute atomic E-state index is 0.000615. The second kappa shape index (κ2) is 7.16. The fourth-order valence-electron chi connectivity index (χ4n) is 4.24. The maximum atomic E-state index is 12.2. The number of likely N-dealkylation sites (tertiary alicyclic amines) is 2. The predicted molar refractivity (Wildman–Crippen MR) is 104 cm³/mol. The summed E-state index contributed by atoms with van der Waals surface area (Å²) >= 11 is 0. The Kier molecular flexibility index (Phi) is 4.82. The smallest absolute Gasteiger partial charge is 0.410 e. The fourth-order valence-corrected chi connectivity index (χ4v) is 4.24. The summed E-state index contributed by atoms with van der Waals surface area (Å²) in [6, 6.07) is 10.3. The number of hydrogen-bond donors (Lipinski definition) is 1. The molecule has 8 nitrogen and oxygen atoms in total. The van der Waals surface area contributed by atoms with Crippen LogP contribution in [0.5, 0.6) is 0 Å². The van der Waals surface area contributed by atoms with Crippen molar-refractivity contribution in [2.45, 2.75) is 45.3 Å². The summed E-state index contributed by atoms with van der Waals surface area (Å²) < 4.78 is 5.49. The summed E-state index contributed by atoms with van der Waals surface area (Å²) in [6.45, 7) is 9.16. The van der Waals surface area contributed by atoms with Crippen LogP contribution in [0, 0.1) is 5.41 Å². The number of nitrogens with one attached hydrogen (secondary N) is 1. The lowest BCUT2D eigenvalue weighted by Gasteiger charge is -2.54. The van der Waals surface area contributed by atoms with Gasteiger partial charge in [-0.3, -0.25) is 4.90 Å². The maximum Gasteiger partial charge on any atom is 0.410 e. The highest BCUT2D eigenvalue weighted by Gasteiger charge is 2.48. The molecule has 1 aromatic heterocycles. The average Bonchev–Trinajstić information content (AvgIpc) is 3.14. The van der Waals surface area contributed by atoms with Gasteiger partial charge in [0.15, 0.2) is 5.82 Å². The van der Waals surface area contributed by atoms with Crippen molar-refractivity contribution < 1.29 is 9.53 Å². The Labute approximate surface area is 165 Å². The van der Waals surface area contributed by atoms with Crippen molar-refractivity contribution in [1.82, 2.24) is 30.4 Å². The van der Waals surface area contributed by atoms with Crippen molar-refractivity contribution >= 4 is 6.09 Å². The molecule has 2 aromatic rings. The van der Waals surface area contributed by atoms with Crippen LogP contribution < -0.4 is 0 Å². The average molecular weight is 384 g/mol. The van der Waals surface area contributed by atoms with Crippen LogP contribution in [0.1, 0.15) is 51.0 Å². The molecule has 28 heavy (non-hydrogen) atoms. The first-order valence-electron chi connectivity index (χ1n) is 9.86. The Morgan fingerprint density at radius 2 is 1.86 bits per heavy atom. The minimum atomic E-state index is -0.448. The van der Waals surface area contributed by atoms with Crippen molar-refractivity contribution in [3.8, 4) is 0 Å². The lowest BCUT2D eigenvalue weighted by atomic mass is 9.72. The van der Waals surface area contributed by atoms with Crippen molar-refractivity contribution in [2.75, 3.05) is 26.2 Å². The lowest BCUT2D eigenvalue weighted by Crippen LogP contribution is -2.62. The van der Waals surface area contributed by atoms with E-state index in [9.17, 15) is 4.79 Å². The number of benzene rings is 1. The van der Waals surface area contributed by atoms with Gasteiger partial charge in [0.05, 0.1) is 6.04 Å². The topological polar surface area (TPSA) is 87.2 Å². The summed E-state index contributed by atoms with van der Waals surface area (Å²) in [5, 5.41) is 14.8. The van der Waals surface area contributed by atoms with Gasteiger partial charge in [-0.1, -0.05) is 35.5 Å². The van der Waals surface area contributed by atoms with Gasteiger partial charge in [0.2, 0.25) is 0 Å². The molecule has 2 aliphatic heterocycles. The quantitative estimate of drug-likeness (QED) is 0.875. The fraction of sp³-hybridized carbons (Fsp3) is 0.600. The molecule has 0 saturated carbocycles. The molecule has 1 atom stereocenters. The highest BCUT2D eigenvalue weighted by atomic mass is 16.6. The summed E-state index contributed by atoms with van der Waals surface area (Å²) in [6.07, 6.45) is 1.90. The van der Waals surface area contributed by atoms with Crippen LogP contribution in [0.25, 0.3) is 0 Å². The normalized spacial score (nSPS) is 20.6. The zero-order chi connectivity index (χ0) is 19.8. The van der Waals surface area contributed by atoms with Gasteiger partial charge in [-0.25, -0.2) is 4.79 Å². The molecule has 0 radical (unpaired) electrons. The van der Waals surface area contributed by atoms with Crippen molar-refractivity contribution in [2.24, 2.45) is 5.41 Å². The van der Waals surface area contributed by atoms with Gasteiger partial charge in [0.1, 0.15) is 5.60 Å². The molecular weight excluding hydrogens is 356 g/mol. The first-order valence-corrected chi connectivity index (χ1v) is 9.86. The van der Waals surface area contributed by atoms with Gasteiger partial charge in [0, 0.05) is 18.5 Å². The van der Waals surface area contributed by atoms with Crippen LogP contribution in [-0.2, 0) is 4.74 Å². The molecule has 2 fully saturated rings. The molecule has 4 rings (SSSR count). The van der Waals surface area contributed by atoms with E-state index in [2.05, 4.69) is 37.7 Å². The highest BCUT2D eigenvalue weighted by Crippen LogP contribution is 2.43. The van der Waals surface area contributed by atoms with Gasteiger partial charge in [-0.15, -0.1) is 10.2 Å². The molecule has 1 spiro atoms. The number of aromatic amines is 1. The Bertz CT molecular complexity index is 786. The van der Waals surface area contributed by atoms with Gasteiger partial charge >= 0.3 is 6.09 Å². The zero-order valence-electron chi connectivity index (χ0n) is 16.8. The Morgan fingerprint density at radius 1 is 1.18 bits per heavy atom. The molecule has 0 bridgehead atoms. The summed E-state index contributed by atoms with van der Waals surface area (Å²) in [5.74, 6) is 0.700. The summed E-state index contributed by atoms with van der Waals surface area (Å²) in [7, 11) is 0. The van der Waals surface area contributed by atoms with Crippen LogP contribution in [-0.4, -0.2) is 68.3 Å². The van der Waals surface area contributed by atoms with Crippen LogP contribution in [0.15, 0.2) is 30.3 Å². The van der Waals surface area contributed by atoms with Gasteiger partial charge < -0.3 is 9.64 Å². The third-order valence-electron chi connectivity index (χ3n) is 5.65. The van der Waals surface area contributed by atoms with E-state index >= 15 is 0 Å². The maximum absolute atomic E-state index is 12.2. The number of piperidine rings is 1. The molecule has 3 heterocycles. The number of amides is 1. The number of aromatic nitrogens is 4. The Morgan fingerprint density at radius 3 is 2.43 bits per heavy atom. The third kappa shape index (κ3) is 3.87. The molecule has 1 amide bonds. The SMILES string of the molecule is CC(C)(C)OC(=O)N1CC2(CCN(C(c3ccccc3)c3nn[nH]n3)CC2)C1. The molecule has 2 saturated heterocycles. The van der Waals surface area contributed by atoms with Crippen molar-refractivity contribution in [1.29, 1.82) is 0 Å². The Balaban J connectivity index is 1.39. The number of carbonyl (C=O) groups excluding carboxylic acids is 1.